The van der Waals surface area contributed by atoms with E-state index in [1.807, 2.05) is 68.1 Å². The molecular formula is C24H26N4O2. The normalized spacial score (nSPS) is 14.1. The Balaban J connectivity index is 1.49. The summed E-state index contributed by atoms with van der Waals surface area (Å²) in [5.74, 6) is 0.804. The number of rotatable bonds is 3. The highest BCUT2D eigenvalue weighted by Gasteiger charge is 2.23. The number of piperazine rings is 1. The Morgan fingerprint density at radius 1 is 0.833 bits per heavy atom. The van der Waals surface area contributed by atoms with Crippen LogP contribution < -0.4 is 10.5 Å². The third-order valence-electron chi connectivity index (χ3n) is 5.71. The van der Waals surface area contributed by atoms with Crippen LogP contribution in [0.3, 0.4) is 0 Å². The summed E-state index contributed by atoms with van der Waals surface area (Å²) in [5.41, 5.74) is 4.76. The SMILES string of the molecule is Cc1ccc(C(=O)N2CCN(c3ccc(=O)n(-c4ccc(C)c(C)c4)n3)CC2)cc1. The quantitative estimate of drug-likeness (QED) is 0.675. The third-order valence-corrected chi connectivity index (χ3v) is 5.71. The molecule has 0 saturated carbocycles. The van der Waals surface area contributed by atoms with E-state index in [4.69, 9.17) is 0 Å². The molecule has 30 heavy (non-hydrogen) atoms. The van der Waals surface area contributed by atoms with E-state index in [9.17, 15) is 9.59 Å². The van der Waals surface area contributed by atoms with Crippen LogP contribution in [-0.2, 0) is 0 Å². The van der Waals surface area contributed by atoms with Crippen molar-refractivity contribution in [2.45, 2.75) is 20.8 Å². The minimum absolute atomic E-state index is 0.0581. The van der Waals surface area contributed by atoms with Gasteiger partial charge >= 0.3 is 0 Å². The van der Waals surface area contributed by atoms with Crippen molar-refractivity contribution in [3.63, 3.8) is 0 Å². The van der Waals surface area contributed by atoms with Crippen molar-refractivity contribution >= 4 is 11.7 Å². The Hall–Kier alpha value is -3.41. The van der Waals surface area contributed by atoms with Crippen LogP contribution >= 0.6 is 0 Å². The van der Waals surface area contributed by atoms with Crippen molar-refractivity contribution < 1.29 is 4.79 Å². The lowest BCUT2D eigenvalue weighted by Crippen LogP contribution is -2.49. The molecule has 0 N–H and O–H groups in total. The van der Waals surface area contributed by atoms with Crippen molar-refractivity contribution in [3.8, 4) is 5.69 Å². The van der Waals surface area contributed by atoms with Gasteiger partial charge in [-0.25, -0.2) is 0 Å². The second-order valence-corrected chi connectivity index (χ2v) is 7.86. The first-order chi connectivity index (χ1) is 14.4. The minimum Gasteiger partial charge on any atom is -0.352 e. The predicted octanol–water partition coefficient (Wildman–Crippen LogP) is 3.12. The molecule has 1 aliphatic rings. The van der Waals surface area contributed by atoms with Crippen LogP contribution in [0, 0.1) is 20.8 Å². The topological polar surface area (TPSA) is 58.4 Å². The highest BCUT2D eigenvalue weighted by molar-refractivity contribution is 5.94. The molecular weight excluding hydrogens is 376 g/mol. The number of hydrogen-bond acceptors (Lipinski definition) is 4. The molecule has 0 unspecified atom stereocenters. The summed E-state index contributed by atoms with van der Waals surface area (Å²) in [4.78, 5) is 29.1. The van der Waals surface area contributed by atoms with Crippen LogP contribution in [0.15, 0.2) is 59.4 Å². The maximum absolute atomic E-state index is 12.7. The molecule has 1 aliphatic heterocycles. The first kappa shape index (κ1) is 19.9. The Morgan fingerprint density at radius 2 is 1.53 bits per heavy atom. The van der Waals surface area contributed by atoms with Gasteiger partial charge in [-0.15, -0.1) is 5.10 Å². The second kappa shape index (κ2) is 8.14. The minimum atomic E-state index is -0.157. The van der Waals surface area contributed by atoms with Crippen molar-refractivity contribution in [1.29, 1.82) is 0 Å². The Labute approximate surface area is 176 Å². The number of carbonyl (C=O) groups excluding carboxylic acids is 1. The number of benzene rings is 2. The van der Waals surface area contributed by atoms with Gasteiger partial charge in [0.25, 0.3) is 11.5 Å². The molecule has 0 atom stereocenters. The maximum Gasteiger partial charge on any atom is 0.271 e. The van der Waals surface area contributed by atoms with Gasteiger partial charge in [0.1, 0.15) is 5.82 Å². The lowest BCUT2D eigenvalue weighted by Gasteiger charge is -2.35. The number of carbonyl (C=O) groups is 1. The Kier molecular flexibility index (Phi) is 5.40. The van der Waals surface area contributed by atoms with Crippen molar-refractivity contribution in [1.82, 2.24) is 14.7 Å². The fraction of sp³-hybridized carbons (Fsp3) is 0.292. The molecule has 4 rings (SSSR count). The highest BCUT2D eigenvalue weighted by atomic mass is 16.2. The van der Waals surface area contributed by atoms with Crippen molar-refractivity contribution in [2.24, 2.45) is 0 Å². The van der Waals surface area contributed by atoms with Gasteiger partial charge in [-0.2, -0.15) is 4.68 Å². The van der Waals surface area contributed by atoms with Gasteiger partial charge in [0.15, 0.2) is 0 Å². The van der Waals surface area contributed by atoms with E-state index in [-0.39, 0.29) is 11.5 Å². The molecule has 0 spiro atoms. The summed E-state index contributed by atoms with van der Waals surface area (Å²) < 4.78 is 1.45. The predicted molar refractivity (Wildman–Crippen MR) is 119 cm³/mol. The molecule has 1 fully saturated rings. The molecule has 154 valence electrons. The number of aryl methyl sites for hydroxylation is 3. The molecule has 6 heteroatoms. The molecule has 6 nitrogen and oxygen atoms in total. The standard InChI is InChI=1S/C24H26N4O2/c1-17-4-7-20(8-5-17)24(30)27-14-12-26(13-15-27)22-10-11-23(29)28(25-22)21-9-6-18(2)19(3)16-21/h4-11,16H,12-15H2,1-3H3. The molecule has 0 radical (unpaired) electrons. The fourth-order valence-electron chi connectivity index (χ4n) is 3.63. The van der Waals surface area contributed by atoms with Crippen LogP contribution in [0.25, 0.3) is 5.69 Å². The van der Waals surface area contributed by atoms with E-state index in [2.05, 4.69) is 10.00 Å². The van der Waals surface area contributed by atoms with Crippen LogP contribution in [0.4, 0.5) is 5.82 Å². The van der Waals surface area contributed by atoms with Gasteiger partial charge in [-0.1, -0.05) is 23.8 Å². The third kappa shape index (κ3) is 3.99. The summed E-state index contributed by atoms with van der Waals surface area (Å²) in [6.07, 6.45) is 0. The van der Waals surface area contributed by atoms with Gasteiger partial charge < -0.3 is 9.80 Å². The zero-order valence-electron chi connectivity index (χ0n) is 17.6. The van der Waals surface area contributed by atoms with Crippen molar-refractivity contribution in [2.75, 3.05) is 31.1 Å². The number of aromatic nitrogens is 2. The summed E-state index contributed by atoms with van der Waals surface area (Å²) in [6, 6.07) is 16.9. The maximum atomic E-state index is 12.7. The number of hydrogen-bond donors (Lipinski definition) is 0. The van der Waals surface area contributed by atoms with Gasteiger partial charge in [-0.05, 0) is 62.2 Å². The van der Waals surface area contributed by atoms with E-state index in [1.165, 1.54) is 10.2 Å². The van der Waals surface area contributed by atoms with Gasteiger partial charge in [-0.3, -0.25) is 9.59 Å². The van der Waals surface area contributed by atoms with Crippen LogP contribution in [0.5, 0.6) is 0 Å². The van der Waals surface area contributed by atoms with E-state index in [0.717, 1.165) is 28.2 Å². The van der Waals surface area contributed by atoms with E-state index in [1.54, 1.807) is 12.1 Å². The first-order valence-electron chi connectivity index (χ1n) is 10.2. The molecule has 2 heterocycles. The zero-order chi connectivity index (χ0) is 21.3. The Morgan fingerprint density at radius 3 is 2.20 bits per heavy atom. The molecule has 1 saturated heterocycles. The monoisotopic (exact) mass is 402 g/mol. The van der Waals surface area contributed by atoms with Gasteiger partial charge in [0.05, 0.1) is 5.69 Å². The summed E-state index contributed by atoms with van der Waals surface area (Å²) >= 11 is 0. The van der Waals surface area contributed by atoms with E-state index < -0.39 is 0 Å². The molecule has 1 amide bonds. The lowest BCUT2D eigenvalue weighted by atomic mass is 10.1. The van der Waals surface area contributed by atoms with Gasteiger partial charge in [0.2, 0.25) is 0 Å². The van der Waals surface area contributed by atoms with Crippen LogP contribution in [-0.4, -0.2) is 46.8 Å². The number of nitrogens with zero attached hydrogens (tertiary/aromatic N) is 4. The molecule has 0 bridgehead atoms. The number of amides is 1. The first-order valence-corrected chi connectivity index (χ1v) is 10.2. The van der Waals surface area contributed by atoms with Gasteiger partial charge in [0, 0.05) is 37.8 Å². The van der Waals surface area contributed by atoms with E-state index >= 15 is 0 Å². The molecule has 2 aromatic carbocycles. The average molecular weight is 402 g/mol. The summed E-state index contributed by atoms with van der Waals surface area (Å²) in [5, 5.41) is 4.60. The summed E-state index contributed by atoms with van der Waals surface area (Å²) in [7, 11) is 0. The molecule has 3 aromatic rings. The van der Waals surface area contributed by atoms with Crippen LogP contribution in [0.2, 0.25) is 0 Å². The lowest BCUT2D eigenvalue weighted by molar-refractivity contribution is 0.0746. The molecule has 1 aromatic heterocycles. The smallest absolute Gasteiger partial charge is 0.271 e. The number of anilines is 1. The van der Waals surface area contributed by atoms with Crippen molar-refractivity contribution in [3.05, 3.63) is 87.2 Å². The fourth-order valence-corrected chi connectivity index (χ4v) is 3.63. The van der Waals surface area contributed by atoms with E-state index in [0.29, 0.717) is 26.2 Å². The largest absolute Gasteiger partial charge is 0.352 e. The molecule has 0 aliphatic carbocycles. The highest BCUT2D eigenvalue weighted by Crippen LogP contribution is 2.17. The zero-order valence-corrected chi connectivity index (χ0v) is 17.6. The Bertz CT molecular complexity index is 1130. The second-order valence-electron chi connectivity index (χ2n) is 7.86. The summed E-state index contributed by atoms with van der Waals surface area (Å²) in [6.45, 7) is 8.68. The van der Waals surface area contributed by atoms with Crippen LogP contribution in [0.1, 0.15) is 27.0 Å². The average Bonchev–Trinajstić information content (AvgIpc) is 2.76.